The van der Waals surface area contributed by atoms with Gasteiger partial charge in [0.05, 0.1) is 12.0 Å². The number of hydrogen-bond acceptors (Lipinski definition) is 4. The smallest absolute Gasteiger partial charge is 0.254 e. The maximum atomic E-state index is 13.4. The molecule has 0 fully saturated rings. The molecule has 0 saturated heterocycles. The number of benzene rings is 1. The molecule has 0 saturated carbocycles. The van der Waals surface area contributed by atoms with Crippen LogP contribution in [-0.4, -0.2) is 32.1 Å². The highest BCUT2D eigenvalue weighted by Crippen LogP contribution is 2.38. The fraction of sp³-hybridized carbons (Fsp3) is 0.429. The van der Waals surface area contributed by atoms with Gasteiger partial charge in [-0.15, -0.1) is 11.3 Å². The zero-order chi connectivity index (χ0) is 19.9. The van der Waals surface area contributed by atoms with Gasteiger partial charge in [0, 0.05) is 25.1 Å². The monoisotopic (exact) mass is 404 g/mol. The average Bonchev–Trinajstić information content (AvgIpc) is 3.02. The second-order valence-electron chi connectivity index (χ2n) is 6.87. The number of methoxy groups -OCH3 is 1. The van der Waals surface area contributed by atoms with Crippen molar-refractivity contribution in [2.24, 2.45) is 0 Å². The molecule has 0 bridgehead atoms. The standard InChI is InChI=1S/C21H25FN2O3S/c1-27-11-5-10-23-20(26)19-16-8-2-3-9-17(16)28-21(19)24-18(25)13-14-6-4-7-15(22)12-14/h4,6-7,12H,2-3,5,8-11,13H2,1H3,(H,23,26)(H,24,25). The molecule has 28 heavy (non-hydrogen) atoms. The Balaban J connectivity index is 1.75. The van der Waals surface area contributed by atoms with Crippen LogP contribution < -0.4 is 10.6 Å². The van der Waals surface area contributed by atoms with Crippen molar-refractivity contribution in [1.82, 2.24) is 5.32 Å². The van der Waals surface area contributed by atoms with Crippen molar-refractivity contribution in [3.05, 3.63) is 51.7 Å². The molecule has 2 amide bonds. The highest BCUT2D eigenvalue weighted by molar-refractivity contribution is 7.17. The predicted octanol–water partition coefficient (Wildman–Crippen LogP) is 3.71. The summed E-state index contributed by atoms with van der Waals surface area (Å²) >= 11 is 1.48. The Bertz CT molecular complexity index is 850. The first-order valence-corrected chi connectivity index (χ1v) is 10.4. The van der Waals surface area contributed by atoms with E-state index in [0.717, 1.165) is 37.7 Å². The third kappa shape index (κ3) is 5.17. The van der Waals surface area contributed by atoms with Crippen LogP contribution >= 0.6 is 11.3 Å². The molecule has 1 aromatic carbocycles. The maximum Gasteiger partial charge on any atom is 0.254 e. The van der Waals surface area contributed by atoms with Crippen molar-refractivity contribution in [3.63, 3.8) is 0 Å². The Morgan fingerprint density at radius 2 is 2.07 bits per heavy atom. The molecular weight excluding hydrogens is 379 g/mol. The van der Waals surface area contributed by atoms with Crippen molar-refractivity contribution in [2.45, 2.75) is 38.5 Å². The van der Waals surface area contributed by atoms with E-state index in [-0.39, 0.29) is 24.1 Å². The molecule has 0 spiro atoms. The van der Waals surface area contributed by atoms with Crippen LogP contribution in [0.1, 0.15) is 45.6 Å². The third-order valence-corrected chi connectivity index (χ3v) is 5.92. The molecular formula is C21H25FN2O3S. The minimum Gasteiger partial charge on any atom is -0.385 e. The van der Waals surface area contributed by atoms with Crippen LogP contribution in [0.3, 0.4) is 0 Å². The molecule has 150 valence electrons. The lowest BCUT2D eigenvalue weighted by molar-refractivity contribution is -0.115. The van der Waals surface area contributed by atoms with E-state index in [9.17, 15) is 14.0 Å². The number of anilines is 1. The Kier molecular flexibility index (Phi) is 7.17. The van der Waals surface area contributed by atoms with E-state index < -0.39 is 0 Å². The van der Waals surface area contributed by atoms with Crippen LogP contribution in [0, 0.1) is 5.82 Å². The summed E-state index contributed by atoms with van der Waals surface area (Å²) in [6, 6.07) is 6.00. The SMILES string of the molecule is COCCCNC(=O)c1c(NC(=O)Cc2cccc(F)c2)sc2c1CCCC2. The summed E-state index contributed by atoms with van der Waals surface area (Å²) in [4.78, 5) is 26.5. The first kappa shape index (κ1) is 20.5. The topological polar surface area (TPSA) is 67.4 Å². The van der Waals surface area contributed by atoms with Crippen LogP contribution in [0.25, 0.3) is 0 Å². The van der Waals surface area contributed by atoms with Crippen LogP contribution in [0.15, 0.2) is 24.3 Å². The van der Waals surface area contributed by atoms with Gasteiger partial charge in [0.2, 0.25) is 5.91 Å². The number of nitrogens with one attached hydrogen (secondary N) is 2. The zero-order valence-corrected chi connectivity index (χ0v) is 16.8. The normalized spacial score (nSPS) is 13.1. The molecule has 5 nitrogen and oxygen atoms in total. The van der Waals surface area contributed by atoms with Gasteiger partial charge in [0.25, 0.3) is 5.91 Å². The van der Waals surface area contributed by atoms with Crippen LogP contribution in [0.4, 0.5) is 9.39 Å². The molecule has 7 heteroatoms. The molecule has 1 aliphatic rings. The average molecular weight is 405 g/mol. The van der Waals surface area contributed by atoms with E-state index in [1.807, 2.05) is 0 Å². The molecule has 1 aromatic heterocycles. The van der Waals surface area contributed by atoms with Gasteiger partial charge in [-0.25, -0.2) is 4.39 Å². The number of carbonyl (C=O) groups excluding carboxylic acids is 2. The van der Waals surface area contributed by atoms with E-state index in [2.05, 4.69) is 10.6 Å². The maximum absolute atomic E-state index is 13.4. The van der Waals surface area contributed by atoms with Gasteiger partial charge in [0.15, 0.2) is 0 Å². The molecule has 1 aliphatic carbocycles. The highest BCUT2D eigenvalue weighted by atomic mass is 32.1. The van der Waals surface area contributed by atoms with Gasteiger partial charge in [-0.05, 0) is 55.4 Å². The number of amides is 2. The second-order valence-corrected chi connectivity index (χ2v) is 7.98. The number of carbonyl (C=O) groups is 2. The summed E-state index contributed by atoms with van der Waals surface area (Å²) in [6.07, 6.45) is 4.73. The summed E-state index contributed by atoms with van der Waals surface area (Å²) in [5.74, 6) is -0.776. The number of hydrogen-bond donors (Lipinski definition) is 2. The molecule has 0 radical (unpaired) electrons. The molecule has 2 aromatic rings. The van der Waals surface area contributed by atoms with Gasteiger partial charge in [-0.2, -0.15) is 0 Å². The van der Waals surface area contributed by atoms with E-state index in [0.29, 0.717) is 29.3 Å². The van der Waals surface area contributed by atoms with E-state index in [4.69, 9.17) is 4.74 Å². The Labute approximate surface area is 168 Å². The van der Waals surface area contributed by atoms with Crippen molar-refractivity contribution in [2.75, 3.05) is 25.6 Å². The second kappa shape index (κ2) is 9.80. The highest BCUT2D eigenvalue weighted by Gasteiger charge is 2.26. The summed E-state index contributed by atoms with van der Waals surface area (Å²) in [5, 5.41) is 6.41. The molecule has 3 rings (SSSR count). The summed E-state index contributed by atoms with van der Waals surface area (Å²) < 4.78 is 18.4. The van der Waals surface area contributed by atoms with Crippen molar-refractivity contribution >= 4 is 28.2 Å². The Hall–Kier alpha value is -2.25. The number of ether oxygens (including phenoxy) is 1. The third-order valence-electron chi connectivity index (χ3n) is 4.72. The van der Waals surface area contributed by atoms with E-state index in [1.54, 1.807) is 19.2 Å². The van der Waals surface area contributed by atoms with Gasteiger partial charge < -0.3 is 15.4 Å². The number of halogens is 1. The lowest BCUT2D eigenvalue weighted by atomic mass is 9.95. The minimum atomic E-state index is -0.368. The molecule has 2 N–H and O–H groups in total. The van der Waals surface area contributed by atoms with Crippen molar-refractivity contribution in [3.8, 4) is 0 Å². The molecule has 1 heterocycles. The number of rotatable bonds is 8. The quantitative estimate of drug-likeness (QED) is 0.659. The zero-order valence-electron chi connectivity index (χ0n) is 16.0. The first-order valence-electron chi connectivity index (χ1n) is 9.54. The summed E-state index contributed by atoms with van der Waals surface area (Å²) in [7, 11) is 1.63. The lowest BCUT2D eigenvalue weighted by Gasteiger charge is -2.13. The van der Waals surface area contributed by atoms with Crippen LogP contribution in [-0.2, 0) is 28.8 Å². The lowest BCUT2D eigenvalue weighted by Crippen LogP contribution is -2.27. The Morgan fingerprint density at radius 3 is 2.86 bits per heavy atom. The number of aryl methyl sites for hydroxylation is 1. The van der Waals surface area contributed by atoms with Crippen LogP contribution in [0.5, 0.6) is 0 Å². The van der Waals surface area contributed by atoms with Gasteiger partial charge >= 0.3 is 0 Å². The molecule has 0 atom stereocenters. The molecule has 0 unspecified atom stereocenters. The Morgan fingerprint density at radius 1 is 1.25 bits per heavy atom. The summed E-state index contributed by atoms with van der Waals surface area (Å²) in [6.45, 7) is 1.10. The number of fused-ring (bicyclic) bond motifs is 1. The number of thiophene rings is 1. The van der Waals surface area contributed by atoms with Crippen molar-refractivity contribution in [1.29, 1.82) is 0 Å². The summed E-state index contributed by atoms with van der Waals surface area (Å²) in [5.41, 5.74) is 2.25. The molecule has 0 aliphatic heterocycles. The fourth-order valence-corrected chi connectivity index (χ4v) is 4.71. The van der Waals surface area contributed by atoms with E-state index >= 15 is 0 Å². The fourth-order valence-electron chi connectivity index (χ4n) is 3.40. The van der Waals surface area contributed by atoms with E-state index in [1.165, 1.54) is 28.3 Å². The van der Waals surface area contributed by atoms with Crippen LogP contribution in [0.2, 0.25) is 0 Å². The van der Waals surface area contributed by atoms with Gasteiger partial charge in [-0.1, -0.05) is 12.1 Å². The van der Waals surface area contributed by atoms with Gasteiger partial charge in [-0.3, -0.25) is 9.59 Å². The predicted molar refractivity (Wildman–Crippen MR) is 109 cm³/mol. The van der Waals surface area contributed by atoms with Crippen molar-refractivity contribution < 1.29 is 18.7 Å². The van der Waals surface area contributed by atoms with Gasteiger partial charge in [0.1, 0.15) is 10.8 Å². The largest absolute Gasteiger partial charge is 0.385 e. The minimum absolute atomic E-state index is 0.0647. The first-order chi connectivity index (χ1) is 13.6.